The predicted octanol–water partition coefficient (Wildman–Crippen LogP) is 1.96. The average molecular weight is 264 g/mol. The maximum atomic E-state index is 11.4. The van der Waals surface area contributed by atoms with Crippen LogP contribution in [0.4, 0.5) is 16.5 Å². The highest BCUT2D eigenvalue weighted by molar-refractivity contribution is 7.09. The van der Waals surface area contributed by atoms with Crippen molar-refractivity contribution in [2.75, 3.05) is 18.2 Å². The van der Waals surface area contributed by atoms with Crippen LogP contribution in [-0.2, 0) is 4.74 Å². The van der Waals surface area contributed by atoms with Gasteiger partial charge in [0.25, 0.3) is 0 Å². The zero-order valence-corrected chi connectivity index (χ0v) is 10.7. The quantitative estimate of drug-likeness (QED) is 0.650. The minimum atomic E-state index is -0.411. The van der Waals surface area contributed by atoms with Gasteiger partial charge in [0, 0.05) is 11.5 Å². The average Bonchev–Trinajstić information content (AvgIpc) is 2.76. The molecule has 0 saturated heterocycles. The van der Waals surface area contributed by atoms with Crippen molar-refractivity contribution in [1.82, 2.24) is 9.36 Å². The maximum Gasteiger partial charge on any atom is 0.337 e. The number of hydrogen-bond acceptors (Lipinski definition) is 7. The van der Waals surface area contributed by atoms with Gasteiger partial charge in [0.2, 0.25) is 5.13 Å². The van der Waals surface area contributed by atoms with Crippen LogP contribution in [0.5, 0.6) is 0 Å². The van der Waals surface area contributed by atoms with Crippen LogP contribution in [0.1, 0.15) is 16.2 Å². The SMILES string of the molecule is COC(=O)c1ccc(N)c(Nc2nc(C)ns2)c1. The summed E-state index contributed by atoms with van der Waals surface area (Å²) in [4.78, 5) is 15.6. The Kier molecular flexibility index (Phi) is 3.42. The van der Waals surface area contributed by atoms with E-state index in [1.807, 2.05) is 0 Å². The van der Waals surface area contributed by atoms with Crippen LogP contribution in [-0.4, -0.2) is 22.4 Å². The van der Waals surface area contributed by atoms with Crippen molar-refractivity contribution in [2.45, 2.75) is 6.92 Å². The van der Waals surface area contributed by atoms with Crippen LogP contribution in [0.3, 0.4) is 0 Å². The Labute approximate surface area is 108 Å². The molecule has 0 aliphatic rings. The lowest BCUT2D eigenvalue weighted by Gasteiger charge is -2.07. The number of nitrogen functional groups attached to an aromatic ring is 1. The van der Waals surface area contributed by atoms with Gasteiger partial charge in [0.05, 0.1) is 24.0 Å². The van der Waals surface area contributed by atoms with E-state index in [1.54, 1.807) is 25.1 Å². The fraction of sp³-hybridized carbons (Fsp3) is 0.182. The number of carbonyl (C=O) groups is 1. The van der Waals surface area contributed by atoms with Crippen molar-refractivity contribution in [1.29, 1.82) is 0 Å². The summed E-state index contributed by atoms with van der Waals surface area (Å²) in [6.45, 7) is 1.80. The number of esters is 1. The van der Waals surface area contributed by atoms with E-state index < -0.39 is 5.97 Å². The molecule has 0 atom stereocenters. The van der Waals surface area contributed by atoms with Gasteiger partial charge in [-0.1, -0.05) is 0 Å². The predicted molar refractivity (Wildman–Crippen MR) is 70.1 cm³/mol. The number of rotatable bonds is 3. The van der Waals surface area contributed by atoms with Gasteiger partial charge in [0.1, 0.15) is 5.82 Å². The van der Waals surface area contributed by atoms with Gasteiger partial charge in [-0.2, -0.15) is 4.37 Å². The summed E-state index contributed by atoms with van der Waals surface area (Å²) in [6.07, 6.45) is 0. The van der Waals surface area contributed by atoms with Crippen molar-refractivity contribution < 1.29 is 9.53 Å². The van der Waals surface area contributed by atoms with Crippen LogP contribution in [0.25, 0.3) is 0 Å². The molecule has 1 aromatic carbocycles. The van der Waals surface area contributed by atoms with Crippen LogP contribution in [0.2, 0.25) is 0 Å². The highest BCUT2D eigenvalue weighted by atomic mass is 32.1. The van der Waals surface area contributed by atoms with E-state index in [0.29, 0.717) is 27.9 Å². The first-order valence-corrected chi connectivity index (χ1v) is 5.92. The molecule has 0 saturated carbocycles. The number of nitrogens with one attached hydrogen (secondary N) is 1. The second-order valence-electron chi connectivity index (χ2n) is 3.57. The highest BCUT2D eigenvalue weighted by Crippen LogP contribution is 2.25. The molecule has 1 aromatic heterocycles. The van der Waals surface area contributed by atoms with E-state index in [4.69, 9.17) is 5.73 Å². The Hall–Kier alpha value is -2.15. The summed E-state index contributed by atoms with van der Waals surface area (Å²) in [5, 5.41) is 3.65. The Morgan fingerprint density at radius 3 is 2.89 bits per heavy atom. The Balaban J connectivity index is 2.29. The number of nitrogens with two attached hydrogens (primary N) is 1. The third-order valence-electron chi connectivity index (χ3n) is 2.24. The maximum absolute atomic E-state index is 11.4. The number of hydrogen-bond donors (Lipinski definition) is 2. The molecular weight excluding hydrogens is 252 g/mol. The summed E-state index contributed by atoms with van der Waals surface area (Å²) in [6, 6.07) is 4.87. The van der Waals surface area contributed by atoms with E-state index in [9.17, 15) is 4.79 Å². The van der Waals surface area contributed by atoms with Gasteiger partial charge < -0.3 is 15.8 Å². The van der Waals surface area contributed by atoms with Gasteiger partial charge in [0.15, 0.2) is 0 Å². The summed E-state index contributed by atoms with van der Waals surface area (Å²) in [5.74, 6) is 0.275. The third kappa shape index (κ3) is 2.57. The molecule has 0 amide bonds. The second kappa shape index (κ2) is 5.01. The number of nitrogens with zero attached hydrogens (tertiary/aromatic N) is 2. The monoisotopic (exact) mass is 264 g/mol. The van der Waals surface area contributed by atoms with E-state index in [0.717, 1.165) is 0 Å². The molecule has 94 valence electrons. The second-order valence-corrected chi connectivity index (χ2v) is 4.32. The molecule has 0 aliphatic carbocycles. The van der Waals surface area contributed by atoms with Gasteiger partial charge >= 0.3 is 5.97 Å². The fourth-order valence-corrected chi connectivity index (χ4v) is 1.96. The molecule has 0 unspecified atom stereocenters. The topological polar surface area (TPSA) is 90.1 Å². The van der Waals surface area contributed by atoms with Crippen LogP contribution >= 0.6 is 11.5 Å². The molecular formula is C11H12N4O2S. The van der Waals surface area contributed by atoms with Crippen molar-refractivity contribution in [3.8, 4) is 0 Å². The first-order valence-electron chi connectivity index (χ1n) is 5.15. The van der Waals surface area contributed by atoms with Crippen molar-refractivity contribution in [3.05, 3.63) is 29.6 Å². The lowest BCUT2D eigenvalue weighted by atomic mass is 10.2. The summed E-state index contributed by atoms with van der Waals surface area (Å²) >= 11 is 1.23. The highest BCUT2D eigenvalue weighted by Gasteiger charge is 2.09. The smallest absolute Gasteiger partial charge is 0.337 e. The molecule has 0 bridgehead atoms. The van der Waals surface area contributed by atoms with Crippen LogP contribution in [0.15, 0.2) is 18.2 Å². The third-order valence-corrected chi connectivity index (χ3v) is 2.97. The number of ether oxygens (including phenoxy) is 1. The van der Waals surface area contributed by atoms with Gasteiger partial charge in [-0.3, -0.25) is 0 Å². The standard InChI is InChI=1S/C11H12N4O2S/c1-6-13-11(18-15-6)14-9-5-7(10(16)17-2)3-4-8(9)12/h3-5H,12H2,1-2H3,(H,13,14,15). The van der Waals surface area contributed by atoms with Crippen LogP contribution < -0.4 is 11.1 Å². The number of anilines is 3. The van der Waals surface area contributed by atoms with Gasteiger partial charge in [-0.15, -0.1) is 0 Å². The van der Waals surface area contributed by atoms with Gasteiger partial charge in [-0.25, -0.2) is 9.78 Å². The zero-order chi connectivity index (χ0) is 13.1. The lowest BCUT2D eigenvalue weighted by Crippen LogP contribution is -2.03. The van der Waals surface area contributed by atoms with E-state index in [2.05, 4.69) is 19.4 Å². The number of carbonyl (C=O) groups excluding carboxylic acids is 1. The molecule has 0 spiro atoms. The first-order chi connectivity index (χ1) is 8.60. The molecule has 2 aromatic rings. The molecule has 7 heteroatoms. The van der Waals surface area contributed by atoms with Crippen molar-refractivity contribution >= 4 is 34.0 Å². The molecule has 3 N–H and O–H groups in total. The van der Waals surface area contributed by atoms with E-state index >= 15 is 0 Å². The number of aromatic nitrogens is 2. The number of aryl methyl sites for hydroxylation is 1. The number of methoxy groups -OCH3 is 1. The Bertz CT molecular complexity index is 582. The minimum Gasteiger partial charge on any atom is -0.465 e. The first kappa shape index (κ1) is 12.3. The summed E-state index contributed by atoms with van der Waals surface area (Å²) in [7, 11) is 1.33. The molecule has 0 aliphatic heterocycles. The molecule has 18 heavy (non-hydrogen) atoms. The normalized spacial score (nSPS) is 10.1. The van der Waals surface area contributed by atoms with E-state index in [1.165, 1.54) is 18.6 Å². The molecule has 2 rings (SSSR count). The molecule has 6 nitrogen and oxygen atoms in total. The molecule has 0 fully saturated rings. The summed E-state index contributed by atoms with van der Waals surface area (Å²) in [5.41, 5.74) is 7.38. The number of benzene rings is 1. The largest absolute Gasteiger partial charge is 0.465 e. The fourth-order valence-electron chi connectivity index (χ4n) is 1.37. The zero-order valence-electron chi connectivity index (χ0n) is 9.93. The Morgan fingerprint density at radius 2 is 2.28 bits per heavy atom. The molecule has 0 radical (unpaired) electrons. The molecule has 1 heterocycles. The Morgan fingerprint density at radius 1 is 1.50 bits per heavy atom. The van der Waals surface area contributed by atoms with Crippen LogP contribution in [0, 0.1) is 6.92 Å². The van der Waals surface area contributed by atoms with Gasteiger partial charge in [-0.05, 0) is 25.1 Å². The van der Waals surface area contributed by atoms with E-state index in [-0.39, 0.29) is 0 Å². The minimum absolute atomic E-state index is 0.411. The lowest BCUT2D eigenvalue weighted by molar-refractivity contribution is 0.0601. The van der Waals surface area contributed by atoms with Crippen molar-refractivity contribution in [3.63, 3.8) is 0 Å². The summed E-state index contributed by atoms with van der Waals surface area (Å²) < 4.78 is 8.70. The van der Waals surface area contributed by atoms with Crippen molar-refractivity contribution in [2.24, 2.45) is 0 Å².